The molecule has 104 heavy (non-hydrogen) atoms. The van der Waals surface area contributed by atoms with E-state index in [-0.39, 0.29) is 51.8 Å². The second-order valence-electron chi connectivity index (χ2n) is 23.9. The van der Waals surface area contributed by atoms with Gasteiger partial charge in [0.05, 0.1) is 94.9 Å². The Balaban J connectivity index is 1.19. The highest BCUT2D eigenvalue weighted by molar-refractivity contribution is 6.14. The van der Waals surface area contributed by atoms with Gasteiger partial charge in [-0.1, -0.05) is 60.7 Å². The van der Waals surface area contributed by atoms with Crippen molar-refractivity contribution < 1.29 is 119 Å². The van der Waals surface area contributed by atoms with Gasteiger partial charge in [0.2, 0.25) is 0 Å². The lowest BCUT2D eigenvalue weighted by atomic mass is 9.96. The minimum Gasteiger partial charge on any atom is -0.307 e. The van der Waals surface area contributed by atoms with Gasteiger partial charge in [0, 0.05) is 32.7 Å². The van der Waals surface area contributed by atoms with Gasteiger partial charge in [0.25, 0.3) is 0 Å². The Kier molecular flexibility index (Phi) is 16.7. The third kappa shape index (κ3) is 13.6. The lowest BCUT2D eigenvalue weighted by molar-refractivity contribution is -0.144. The standard InChI is InChI=1S/C74H34F27N3/c75-66(76,77)44-17-40(18-45(29-44)67(78,79)80)36-9-13-60-52(25-36)53-26-37(41-19-46(68(81,82)83)30-47(20-41)69(84,85)86)10-14-61(53)103(60)64-33-56(59-8-4-7-58(102-59)35-5-2-1-3-6-35)57(74(99,100)101)34-65(64)104-62-15-11-38(42-21-48(70(87,88)89)31-49(22-42)71(90,91)92)27-54(62)55-28-39(12-16-63(55)104)43-23-50(72(93,94)95)32-51(24-43)73(96,97)98/h1-34H. The zero-order valence-corrected chi connectivity index (χ0v) is 51.2. The number of aromatic nitrogens is 3. The van der Waals surface area contributed by atoms with Crippen LogP contribution >= 0.6 is 0 Å². The van der Waals surface area contributed by atoms with Crippen LogP contribution in [0.3, 0.4) is 0 Å². The predicted octanol–water partition coefficient (Wildman–Crippen LogP) is 26.4. The first-order valence-corrected chi connectivity index (χ1v) is 29.8. The predicted molar refractivity (Wildman–Crippen MR) is 331 cm³/mol. The van der Waals surface area contributed by atoms with Gasteiger partial charge in [-0.25, -0.2) is 4.98 Å². The molecule has 0 amide bonds. The SMILES string of the molecule is FC(F)(F)c1cc(-c2ccc3c(c2)c2cc(-c4cc(C(F)(F)F)cc(C(F)(F)F)c4)ccc2n3-c2cc(-c3cccc(-c4ccccc4)n3)c(C(F)(F)F)cc2-n2c3ccc(-c4cc(C(F)(F)F)cc(C(F)(F)F)c4)cc3c3cc(-c4cc(C(F)(F)F)cc(C(F)(F)F)c4)ccc32)cc(C(F)(F)F)c1. The number of nitrogens with zero attached hydrogens (tertiary/aromatic N) is 3. The number of alkyl halides is 27. The number of rotatable bonds is 8. The maximum absolute atomic E-state index is 16.5. The van der Waals surface area contributed by atoms with Crippen molar-refractivity contribution in [2.45, 2.75) is 55.6 Å². The normalized spacial score (nSPS) is 13.3. The Morgan fingerprint density at radius 2 is 0.462 bits per heavy atom. The number of hydrogen-bond donors (Lipinski definition) is 0. The topological polar surface area (TPSA) is 22.8 Å². The van der Waals surface area contributed by atoms with Crippen molar-refractivity contribution in [3.05, 3.63) is 256 Å². The van der Waals surface area contributed by atoms with Crippen LogP contribution in [0.25, 0.3) is 122 Å². The summed E-state index contributed by atoms with van der Waals surface area (Å²) in [6.45, 7) is 0. The van der Waals surface area contributed by atoms with E-state index >= 15 is 13.2 Å². The van der Waals surface area contributed by atoms with Crippen LogP contribution in [0.4, 0.5) is 119 Å². The van der Waals surface area contributed by atoms with Gasteiger partial charge in [-0.2, -0.15) is 119 Å². The Morgan fingerprint density at radius 1 is 0.202 bits per heavy atom. The summed E-state index contributed by atoms with van der Waals surface area (Å²) in [4.78, 5) is 4.56. The summed E-state index contributed by atoms with van der Waals surface area (Å²) in [6.07, 6.45) is -49.2. The molecule has 0 aliphatic heterocycles. The molecule has 0 N–H and O–H groups in total. The minimum atomic E-state index is -5.52. The highest BCUT2D eigenvalue weighted by atomic mass is 19.4. The molecule has 0 bridgehead atoms. The van der Waals surface area contributed by atoms with Crippen molar-refractivity contribution in [3.8, 4) is 78.4 Å². The Morgan fingerprint density at radius 3 is 0.721 bits per heavy atom. The molecule has 10 aromatic carbocycles. The summed E-state index contributed by atoms with van der Waals surface area (Å²) in [6, 6.07) is 25.9. The van der Waals surface area contributed by atoms with Crippen molar-refractivity contribution >= 4 is 43.6 Å². The molecule has 534 valence electrons. The molecule has 0 aliphatic carbocycles. The van der Waals surface area contributed by atoms with Gasteiger partial charge in [0.1, 0.15) is 0 Å². The lowest BCUT2D eigenvalue weighted by Gasteiger charge is -2.22. The maximum Gasteiger partial charge on any atom is 0.417 e. The molecule has 13 rings (SSSR count). The number of benzene rings is 10. The van der Waals surface area contributed by atoms with E-state index in [0.29, 0.717) is 60.2 Å². The summed E-state index contributed by atoms with van der Waals surface area (Å²) in [5, 5.41) is -1.49. The first-order valence-electron chi connectivity index (χ1n) is 29.8. The molecule has 3 nitrogen and oxygen atoms in total. The molecule has 0 atom stereocenters. The highest BCUT2D eigenvalue weighted by Crippen LogP contribution is 2.51. The first kappa shape index (κ1) is 71.5. The number of pyridine rings is 1. The fourth-order valence-corrected chi connectivity index (χ4v) is 12.5. The lowest BCUT2D eigenvalue weighted by Crippen LogP contribution is -2.12. The molecular formula is C74H34F27N3. The van der Waals surface area contributed by atoms with Crippen molar-refractivity contribution in [1.29, 1.82) is 0 Å². The summed E-state index contributed by atoms with van der Waals surface area (Å²) in [7, 11) is 0. The van der Waals surface area contributed by atoms with Crippen LogP contribution in [0.15, 0.2) is 206 Å². The van der Waals surface area contributed by atoms with E-state index in [9.17, 15) is 105 Å². The van der Waals surface area contributed by atoms with Gasteiger partial charge in [-0.3, -0.25) is 0 Å². The van der Waals surface area contributed by atoms with Crippen molar-refractivity contribution in [2.75, 3.05) is 0 Å². The molecular weight excluding hydrogens is 1440 g/mol. The second-order valence-corrected chi connectivity index (χ2v) is 23.9. The Bertz CT molecular complexity index is 5200. The number of fused-ring (bicyclic) bond motifs is 6. The molecule has 0 aliphatic rings. The molecule has 3 aromatic heterocycles. The molecule has 0 unspecified atom stereocenters. The molecule has 0 saturated heterocycles. The van der Waals surface area contributed by atoms with Gasteiger partial charge in [0.15, 0.2) is 0 Å². The van der Waals surface area contributed by atoms with Crippen LogP contribution in [-0.2, 0) is 55.6 Å². The fourth-order valence-electron chi connectivity index (χ4n) is 12.5. The fraction of sp³-hybridized carbons (Fsp3) is 0.122. The van der Waals surface area contributed by atoms with E-state index in [1.54, 1.807) is 18.2 Å². The summed E-state index contributed by atoms with van der Waals surface area (Å²) < 4.78 is 399. The summed E-state index contributed by atoms with van der Waals surface area (Å²) in [5.41, 5.74) is -25.2. The van der Waals surface area contributed by atoms with Gasteiger partial charge in [-0.05, 0) is 190 Å². The van der Waals surface area contributed by atoms with E-state index in [0.717, 1.165) is 94.1 Å². The van der Waals surface area contributed by atoms with Gasteiger partial charge >= 0.3 is 55.6 Å². The van der Waals surface area contributed by atoms with Crippen LogP contribution in [0.1, 0.15) is 50.1 Å². The number of hydrogen-bond acceptors (Lipinski definition) is 1. The highest BCUT2D eigenvalue weighted by Gasteiger charge is 2.43. The monoisotopic (exact) mass is 1480 g/mol. The van der Waals surface area contributed by atoms with Crippen LogP contribution < -0.4 is 0 Å². The van der Waals surface area contributed by atoms with Crippen molar-refractivity contribution in [1.82, 2.24) is 14.1 Å². The van der Waals surface area contributed by atoms with E-state index in [4.69, 9.17) is 0 Å². The zero-order chi connectivity index (χ0) is 75.3. The van der Waals surface area contributed by atoms with E-state index in [2.05, 4.69) is 4.98 Å². The van der Waals surface area contributed by atoms with Gasteiger partial charge < -0.3 is 9.13 Å². The molecule has 3 heterocycles. The molecule has 13 aromatic rings. The third-order valence-corrected chi connectivity index (χ3v) is 17.2. The first-order chi connectivity index (χ1) is 48.2. The minimum absolute atomic E-state index is 0.0468. The summed E-state index contributed by atoms with van der Waals surface area (Å²) >= 11 is 0. The molecule has 30 heteroatoms. The smallest absolute Gasteiger partial charge is 0.307 e. The molecule has 0 radical (unpaired) electrons. The second kappa shape index (κ2) is 24.3. The molecule has 0 fully saturated rings. The average Bonchev–Trinajstić information content (AvgIpc) is 1.53. The molecule has 0 spiro atoms. The molecule has 0 saturated carbocycles. The van der Waals surface area contributed by atoms with Crippen LogP contribution in [-0.4, -0.2) is 14.1 Å². The Labute approximate surface area is 564 Å². The quantitative estimate of drug-likeness (QED) is 0.139. The number of halogens is 27. The van der Waals surface area contributed by atoms with Crippen molar-refractivity contribution in [3.63, 3.8) is 0 Å². The van der Waals surface area contributed by atoms with E-state index < -0.39 is 195 Å². The largest absolute Gasteiger partial charge is 0.417 e. The zero-order valence-electron chi connectivity index (χ0n) is 51.2. The van der Waals surface area contributed by atoms with Crippen LogP contribution in [0.5, 0.6) is 0 Å². The van der Waals surface area contributed by atoms with Crippen LogP contribution in [0, 0.1) is 0 Å². The van der Waals surface area contributed by atoms with E-state index in [1.807, 2.05) is 0 Å². The maximum atomic E-state index is 16.5. The van der Waals surface area contributed by atoms with Gasteiger partial charge in [-0.15, -0.1) is 0 Å². The van der Waals surface area contributed by atoms with Crippen LogP contribution in [0.2, 0.25) is 0 Å². The third-order valence-electron chi connectivity index (χ3n) is 17.2. The van der Waals surface area contributed by atoms with E-state index in [1.165, 1.54) is 24.3 Å². The average molecular weight is 1480 g/mol. The summed E-state index contributed by atoms with van der Waals surface area (Å²) in [5.74, 6) is 0. The Hall–Kier alpha value is -10.9. The van der Waals surface area contributed by atoms with Crippen molar-refractivity contribution in [2.24, 2.45) is 0 Å².